The first-order valence-electron chi connectivity index (χ1n) is 6.54. The van der Waals surface area contributed by atoms with Crippen LogP contribution in [0.5, 0.6) is 0 Å². The van der Waals surface area contributed by atoms with Crippen LogP contribution in [0, 0.1) is 0 Å². The molecule has 0 aliphatic carbocycles. The fourth-order valence-corrected chi connectivity index (χ4v) is 2.16. The maximum Gasteiger partial charge on any atom is -0.0159 e. The van der Waals surface area contributed by atoms with Crippen molar-refractivity contribution < 1.29 is 0 Å². The number of unbranched alkanes of at least 4 members (excludes halogenated alkanes) is 2. The smallest absolute Gasteiger partial charge is 0.0159 e. The van der Waals surface area contributed by atoms with Crippen LogP contribution in [0.2, 0.25) is 0 Å². The highest BCUT2D eigenvalue weighted by molar-refractivity contribution is 5.19. The van der Waals surface area contributed by atoms with Gasteiger partial charge in [-0.05, 0) is 30.7 Å². The van der Waals surface area contributed by atoms with Crippen LogP contribution in [0.3, 0.4) is 0 Å². The number of allylic oxidation sites excluding steroid dienone is 1. The molecule has 0 bridgehead atoms. The van der Waals surface area contributed by atoms with Crippen molar-refractivity contribution in [2.75, 3.05) is 0 Å². The molecule has 1 unspecified atom stereocenters. The van der Waals surface area contributed by atoms with Gasteiger partial charge < -0.3 is 0 Å². The molecule has 0 spiro atoms. The van der Waals surface area contributed by atoms with Crippen LogP contribution in [0.15, 0.2) is 43.0 Å². The molecular formula is C16H24. The zero-order valence-corrected chi connectivity index (χ0v) is 10.5. The Morgan fingerprint density at radius 2 is 1.88 bits per heavy atom. The van der Waals surface area contributed by atoms with Gasteiger partial charge in [-0.1, -0.05) is 62.6 Å². The summed E-state index contributed by atoms with van der Waals surface area (Å²) in [5.74, 6) is 0.728. The molecule has 0 saturated heterocycles. The minimum atomic E-state index is 0.728. The van der Waals surface area contributed by atoms with Gasteiger partial charge in [0.1, 0.15) is 0 Å². The normalized spacial score (nSPS) is 12.3. The Labute approximate surface area is 100 Å². The Kier molecular flexibility index (Phi) is 6.64. The Balaban J connectivity index is 2.52. The lowest BCUT2D eigenvalue weighted by Gasteiger charge is -2.16. The predicted molar refractivity (Wildman–Crippen MR) is 72.8 cm³/mol. The van der Waals surface area contributed by atoms with Crippen molar-refractivity contribution in [3.63, 3.8) is 0 Å². The van der Waals surface area contributed by atoms with E-state index in [0.29, 0.717) is 0 Å². The van der Waals surface area contributed by atoms with Crippen LogP contribution in [-0.4, -0.2) is 0 Å². The highest BCUT2D eigenvalue weighted by Gasteiger charge is 2.09. The maximum atomic E-state index is 3.82. The van der Waals surface area contributed by atoms with Gasteiger partial charge in [0.25, 0.3) is 0 Å². The van der Waals surface area contributed by atoms with Crippen molar-refractivity contribution in [1.29, 1.82) is 0 Å². The standard InChI is InChI=1S/C16H24/c1-3-5-8-12-15(11-6-4-2)16-13-9-7-10-14-16/h4,7,9-10,13-15H,2-3,5-6,8,11-12H2,1H3. The summed E-state index contributed by atoms with van der Waals surface area (Å²) in [4.78, 5) is 0. The molecule has 0 amide bonds. The van der Waals surface area contributed by atoms with Gasteiger partial charge in [0.2, 0.25) is 0 Å². The van der Waals surface area contributed by atoms with Crippen molar-refractivity contribution in [3.05, 3.63) is 48.6 Å². The zero-order chi connectivity index (χ0) is 11.6. The molecule has 0 radical (unpaired) electrons. The number of rotatable bonds is 8. The first-order valence-corrected chi connectivity index (χ1v) is 6.54. The van der Waals surface area contributed by atoms with Crippen molar-refractivity contribution in [1.82, 2.24) is 0 Å². The van der Waals surface area contributed by atoms with E-state index in [1.54, 1.807) is 0 Å². The maximum absolute atomic E-state index is 3.82. The highest BCUT2D eigenvalue weighted by atomic mass is 14.1. The van der Waals surface area contributed by atoms with Gasteiger partial charge in [-0.3, -0.25) is 0 Å². The summed E-state index contributed by atoms with van der Waals surface area (Å²) in [5, 5.41) is 0. The van der Waals surface area contributed by atoms with Crippen molar-refractivity contribution in [2.45, 2.75) is 51.4 Å². The van der Waals surface area contributed by atoms with E-state index in [2.05, 4.69) is 43.8 Å². The summed E-state index contributed by atoms with van der Waals surface area (Å²) in [6, 6.07) is 10.9. The average Bonchev–Trinajstić information content (AvgIpc) is 2.35. The second-order valence-electron chi connectivity index (χ2n) is 4.47. The quantitative estimate of drug-likeness (QED) is 0.407. The van der Waals surface area contributed by atoms with Crippen molar-refractivity contribution in [3.8, 4) is 0 Å². The van der Waals surface area contributed by atoms with Gasteiger partial charge in [-0.15, -0.1) is 6.58 Å². The molecule has 1 atom stereocenters. The lowest BCUT2D eigenvalue weighted by Crippen LogP contribution is -1.98. The minimum Gasteiger partial charge on any atom is -0.103 e. The Hall–Kier alpha value is -1.04. The van der Waals surface area contributed by atoms with E-state index in [-0.39, 0.29) is 0 Å². The molecule has 0 aliphatic heterocycles. The summed E-state index contributed by atoms with van der Waals surface area (Å²) < 4.78 is 0. The van der Waals surface area contributed by atoms with Crippen LogP contribution in [0.1, 0.15) is 56.9 Å². The third-order valence-electron chi connectivity index (χ3n) is 3.15. The van der Waals surface area contributed by atoms with Gasteiger partial charge in [0, 0.05) is 0 Å². The molecule has 1 rings (SSSR count). The second kappa shape index (κ2) is 8.15. The molecule has 0 saturated carbocycles. The molecule has 0 nitrogen and oxygen atoms in total. The first-order chi connectivity index (χ1) is 7.88. The second-order valence-corrected chi connectivity index (χ2v) is 4.47. The summed E-state index contributed by atoms with van der Waals surface area (Å²) in [5.41, 5.74) is 1.50. The van der Waals surface area contributed by atoms with E-state index in [4.69, 9.17) is 0 Å². The Morgan fingerprint density at radius 1 is 1.12 bits per heavy atom. The van der Waals surface area contributed by atoms with Gasteiger partial charge in [-0.25, -0.2) is 0 Å². The van der Waals surface area contributed by atoms with Gasteiger partial charge >= 0.3 is 0 Å². The molecule has 1 aromatic carbocycles. The van der Waals surface area contributed by atoms with Gasteiger partial charge in [0.05, 0.1) is 0 Å². The number of benzene rings is 1. The monoisotopic (exact) mass is 216 g/mol. The minimum absolute atomic E-state index is 0.728. The van der Waals surface area contributed by atoms with Crippen LogP contribution in [-0.2, 0) is 0 Å². The lowest BCUT2D eigenvalue weighted by molar-refractivity contribution is 0.538. The molecule has 16 heavy (non-hydrogen) atoms. The molecule has 0 fully saturated rings. The van der Waals surface area contributed by atoms with Crippen molar-refractivity contribution in [2.24, 2.45) is 0 Å². The average molecular weight is 216 g/mol. The largest absolute Gasteiger partial charge is 0.103 e. The summed E-state index contributed by atoms with van der Waals surface area (Å²) in [6.07, 6.45) is 9.76. The van der Waals surface area contributed by atoms with Crippen LogP contribution >= 0.6 is 0 Å². The van der Waals surface area contributed by atoms with Crippen LogP contribution in [0.4, 0.5) is 0 Å². The first kappa shape index (κ1) is 13.0. The molecule has 0 aromatic heterocycles. The molecule has 0 N–H and O–H groups in total. The van der Waals surface area contributed by atoms with E-state index in [0.717, 1.165) is 12.3 Å². The molecule has 0 heteroatoms. The highest BCUT2D eigenvalue weighted by Crippen LogP contribution is 2.27. The molecule has 88 valence electrons. The van der Waals surface area contributed by atoms with Crippen molar-refractivity contribution >= 4 is 0 Å². The molecule has 0 heterocycles. The van der Waals surface area contributed by atoms with E-state index >= 15 is 0 Å². The number of hydrogen-bond acceptors (Lipinski definition) is 0. The van der Waals surface area contributed by atoms with E-state index in [9.17, 15) is 0 Å². The fourth-order valence-electron chi connectivity index (χ4n) is 2.16. The van der Waals surface area contributed by atoms with Crippen LogP contribution in [0.25, 0.3) is 0 Å². The molecule has 1 aromatic rings. The van der Waals surface area contributed by atoms with E-state index in [1.165, 1.54) is 37.7 Å². The van der Waals surface area contributed by atoms with E-state index in [1.807, 2.05) is 6.08 Å². The summed E-state index contributed by atoms with van der Waals surface area (Å²) in [7, 11) is 0. The SMILES string of the molecule is C=CCCC(CCCCC)c1ccccc1. The summed E-state index contributed by atoms with van der Waals surface area (Å²) in [6.45, 7) is 6.09. The summed E-state index contributed by atoms with van der Waals surface area (Å²) >= 11 is 0. The third-order valence-corrected chi connectivity index (χ3v) is 3.15. The third kappa shape index (κ3) is 4.65. The molecule has 0 aliphatic rings. The Bertz CT molecular complexity index is 273. The Morgan fingerprint density at radius 3 is 2.50 bits per heavy atom. The predicted octanol–water partition coefficient (Wildman–Crippen LogP) is 5.32. The van der Waals surface area contributed by atoms with E-state index < -0.39 is 0 Å². The van der Waals surface area contributed by atoms with Gasteiger partial charge in [-0.2, -0.15) is 0 Å². The zero-order valence-electron chi connectivity index (χ0n) is 10.5. The van der Waals surface area contributed by atoms with Crippen LogP contribution < -0.4 is 0 Å². The van der Waals surface area contributed by atoms with Gasteiger partial charge in [0.15, 0.2) is 0 Å². The lowest BCUT2D eigenvalue weighted by atomic mass is 9.89. The fraction of sp³-hybridized carbons (Fsp3) is 0.500. The topological polar surface area (TPSA) is 0 Å². The number of hydrogen-bond donors (Lipinski definition) is 0. The molecular weight excluding hydrogens is 192 g/mol.